The number of halogens is 6. The van der Waals surface area contributed by atoms with Crippen molar-refractivity contribution in [3.63, 3.8) is 0 Å². The maximum atomic E-state index is 15.2. The lowest BCUT2D eigenvalue weighted by Gasteiger charge is -2.12. The van der Waals surface area contributed by atoms with E-state index in [0.29, 0.717) is 10.8 Å². The smallest absolute Gasteiger partial charge is 0.206 e. The molecule has 0 fully saturated rings. The lowest BCUT2D eigenvalue weighted by Crippen LogP contribution is -2.04. The van der Waals surface area contributed by atoms with Crippen molar-refractivity contribution in [2.45, 2.75) is 32.4 Å². The van der Waals surface area contributed by atoms with Crippen molar-refractivity contribution >= 4 is 10.8 Å². The van der Waals surface area contributed by atoms with Gasteiger partial charge in [-0.25, -0.2) is 13.2 Å². The molecule has 4 rings (SSSR count). The van der Waals surface area contributed by atoms with Gasteiger partial charge in [0.1, 0.15) is 17.5 Å². The molecule has 4 aromatic rings. The van der Waals surface area contributed by atoms with E-state index in [1.807, 2.05) is 12.1 Å². The highest BCUT2D eigenvalue weighted by molar-refractivity contribution is 5.89. The molecule has 0 aromatic heterocycles. The summed E-state index contributed by atoms with van der Waals surface area (Å²) in [5.74, 6) is -2.56. The van der Waals surface area contributed by atoms with Crippen molar-refractivity contribution in [1.29, 1.82) is 0 Å². The molecule has 0 bridgehead atoms. The van der Waals surface area contributed by atoms with E-state index in [1.165, 1.54) is 6.07 Å². The molecule has 4 aromatic carbocycles. The Bertz CT molecular complexity index is 1280. The second kappa shape index (κ2) is 8.93. The predicted octanol–water partition coefficient (Wildman–Crippen LogP) is 8.95. The fourth-order valence-electron chi connectivity index (χ4n) is 3.93. The Morgan fingerprint density at radius 3 is 2.00 bits per heavy atom. The Kier molecular flexibility index (Phi) is 6.19. The summed E-state index contributed by atoms with van der Waals surface area (Å²) >= 11 is 0. The minimum Gasteiger partial charge on any atom is -0.206 e. The molecule has 0 N–H and O–H groups in total. The highest BCUT2D eigenvalue weighted by Gasteiger charge is 2.30. The first kappa shape index (κ1) is 22.9. The van der Waals surface area contributed by atoms with Crippen molar-refractivity contribution in [3.05, 3.63) is 95.3 Å². The number of fused-ring (bicyclic) bond motifs is 1. The molecule has 0 saturated heterocycles. The summed E-state index contributed by atoms with van der Waals surface area (Å²) in [5.41, 5.74) is -0.276. The van der Waals surface area contributed by atoms with Gasteiger partial charge in [-0.15, -0.1) is 0 Å². The van der Waals surface area contributed by atoms with E-state index < -0.39 is 34.8 Å². The molecule has 0 amide bonds. The third-order valence-corrected chi connectivity index (χ3v) is 5.69. The highest BCUT2D eigenvalue weighted by atomic mass is 19.4. The summed E-state index contributed by atoms with van der Waals surface area (Å²) in [5, 5.41) is 1.05. The van der Waals surface area contributed by atoms with E-state index >= 15 is 4.39 Å². The number of hydrogen-bond donors (Lipinski definition) is 0. The summed E-state index contributed by atoms with van der Waals surface area (Å²) in [4.78, 5) is 0. The van der Waals surface area contributed by atoms with Crippen LogP contribution in [-0.4, -0.2) is 0 Å². The Morgan fingerprint density at radius 1 is 0.727 bits per heavy atom. The monoisotopic (exact) mass is 458 g/mol. The van der Waals surface area contributed by atoms with Crippen LogP contribution in [0.2, 0.25) is 0 Å². The second-order valence-corrected chi connectivity index (χ2v) is 7.98. The highest BCUT2D eigenvalue weighted by Crippen LogP contribution is 2.36. The Labute approximate surface area is 187 Å². The van der Waals surface area contributed by atoms with Gasteiger partial charge in [-0.05, 0) is 59.2 Å². The first-order chi connectivity index (χ1) is 15.7. The summed E-state index contributed by atoms with van der Waals surface area (Å²) in [6, 6.07) is 14.2. The summed E-state index contributed by atoms with van der Waals surface area (Å²) in [7, 11) is 0. The van der Waals surface area contributed by atoms with Gasteiger partial charge in [-0.1, -0.05) is 55.8 Å². The molecule has 33 heavy (non-hydrogen) atoms. The van der Waals surface area contributed by atoms with Crippen molar-refractivity contribution < 1.29 is 26.3 Å². The SMILES string of the molecule is CCCCc1ccc2c(F)c(-c3cc(F)c(-c4ccc(C(F)(F)F)cc4)c(F)c3)ccc2c1. The molecule has 0 aliphatic carbocycles. The van der Waals surface area contributed by atoms with E-state index in [4.69, 9.17) is 0 Å². The average Bonchev–Trinajstić information content (AvgIpc) is 2.77. The van der Waals surface area contributed by atoms with Gasteiger partial charge >= 0.3 is 6.18 Å². The molecule has 0 atom stereocenters. The normalized spacial score (nSPS) is 11.8. The van der Waals surface area contributed by atoms with Gasteiger partial charge in [0.2, 0.25) is 0 Å². The minimum atomic E-state index is -4.55. The fraction of sp³-hybridized carbons (Fsp3) is 0.185. The van der Waals surface area contributed by atoms with E-state index in [9.17, 15) is 22.0 Å². The quantitative estimate of drug-likeness (QED) is 0.262. The zero-order valence-corrected chi connectivity index (χ0v) is 17.7. The summed E-state index contributed by atoms with van der Waals surface area (Å²) in [6.45, 7) is 2.09. The van der Waals surface area contributed by atoms with Crippen LogP contribution >= 0.6 is 0 Å². The molecular weight excluding hydrogens is 438 g/mol. The van der Waals surface area contributed by atoms with Crippen molar-refractivity contribution in [1.82, 2.24) is 0 Å². The van der Waals surface area contributed by atoms with Gasteiger partial charge in [-0.2, -0.15) is 13.2 Å². The fourth-order valence-corrected chi connectivity index (χ4v) is 3.93. The van der Waals surface area contributed by atoms with Crippen molar-refractivity contribution in [2.75, 3.05) is 0 Å². The number of hydrogen-bond acceptors (Lipinski definition) is 0. The standard InChI is InChI=1S/C27H20F6/c1-2-3-4-16-5-11-21-18(13-16)8-12-22(26(21)30)19-14-23(28)25(24(29)15-19)17-6-9-20(10-7-17)27(31,32)33/h5-15H,2-4H2,1H3. The number of aryl methyl sites for hydroxylation is 1. The van der Waals surface area contributed by atoms with Crippen LogP contribution in [0.1, 0.15) is 30.9 Å². The Morgan fingerprint density at radius 2 is 1.39 bits per heavy atom. The van der Waals surface area contributed by atoms with Crippen LogP contribution in [0.4, 0.5) is 26.3 Å². The number of unbranched alkanes of at least 4 members (excludes halogenated alkanes) is 1. The third-order valence-electron chi connectivity index (χ3n) is 5.69. The van der Waals surface area contributed by atoms with Gasteiger partial charge in [0.15, 0.2) is 0 Å². The van der Waals surface area contributed by atoms with Gasteiger partial charge in [0, 0.05) is 10.9 Å². The number of benzene rings is 4. The number of rotatable bonds is 5. The second-order valence-electron chi connectivity index (χ2n) is 7.98. The van der Waals surface area contributed by atoms with Gasteiger partial charge in [0.25, 0.3) is 0 Å². The molecule has 170 valence electrons. The average molecular weight is 458 g/mol. The molecule has 0 spiro atoms. The zero-order chi connectivity index (χ0) is 23.8. The summed E-state index contributed by atoms with van der Waals surface area (Å²) < 4.78 is 83.2. The molecule has 0 aliphatic heterocycles. The van der Waals surface area contributed by atoms with Crippen LogP contribution in [0.3, 0.4) is 0 Å². The van der Waals surface area contributed by atoms with Crippen LogP contribution in [0, 0.1) is 17.5 Å². The summed E-state index contributed by atoms with van der Waals surface area (Å²) in [6.07, 6.45) is -1.59. The van der Waals surface area contributed by atoms with E-state index in [-0.39, 0.29) is 16.7 Å². The maximum Gasteiger partial charge on any atom is 0.416 e. The van der Waals surface area contributed by atoms with E-state index in [2.05, 4.69) is 6.92 Å². The van der Waals surface area contributed by atoms with E-state index in [0.717, 1.165) is 61.2 Å². The molecule has 0 aliphatic rings. The molecular formula is C27H20F6. The van der Waals surface area contributed by atoms with Crippen molar-refractivity contribution in [3.8, 4) is 22.3 Å². The largest absolute Gasteiger partial charge is 0.416 e. The van der Waals surface area contributed by atoms with Gasteiger partial charge in [0.05, 0.1) is 11.1 Å². The first-order valence-corrected chi connectivity index (χ1v) is 10.6. The van der Waals surface area contributed by atoms with Crippen LogP contribution in [-0.2, 0) is 12.6 Å². The van der Waals surface area contributed by atoms with Crippen LogP contribution < -0.4 is 0 Å². The molecule has 0 unspecified atom stereocenters. The molecule has 0 radical (unpaired) electrons. The first-order valence-electron chi connectivity index (χ1n) is 10.6. The topological polar surface area (TPSA) is 0 Å². The number of alkyl halides is 3. The van der Waals surface area contributed by atoms with Crippen molar-refractivity contribution in [2.24, 2.45) is 0 Å². The van der Waals surface area contributed by atoms with Crippen LogP contribution in [0.15, 0.2) is 66.7 Å². The minimum absolute atomic E-state index is 0.00937. The molecule has 6 heteroatoms. The van der Waals surface area contributed by atoms with E-state index in [1.54, 1.807) is 12.1 Å². The maximum absolute atomic E-state index is 15.2. The lowest BCUT2D eigenvalue weighted by molar-refractivity contribution is -0.137. The third kappa shape index (κ3) is 4.61. The molecule has 0 heterocycles. The van der Waals surface area contributed by atoms with Crippen LogP contribution in [0.5, 0.6) is 0 Å². The molecule has 0 nitrogen and oxygen atoms in total. The Hall–Kier alpha value is -3.28. The molecule has 0 saturated carbocycles. The Balaban J connectivity index is 1.72. The lowest BCUT2D eigenvalue weighted by atomic mass is 9.95. The predicted molar refractivity (Wildman–Crippen MR) is 118 cm³/mol. The van der Waals surface area contributed by atoms with Gasteiger partial charge < -0.3 is 0 Å². The van der Waals surface area contributed by atoms with Gasteiger partial charge in [-0.3, -0.25) is 0 Å². The zero-order valence-electron chi connectivity index (χ0n) is 17.7. The van der Waals surface area contributed by atoms with Crippen LogP contribution in [0.25, 0.3) is 33.0 Å².